The fourth-order valence-electron chi connectivity index (χ4n) is 3.21. The van der Waals surface area contributed by atoms with Crippen LogP contribution >= 0.6 is 11.6 Å². The van der Waals surface area contributed by atoms with E-state index in [2.05, 4.69) is 11.8 Å². The smallest absolute Gasteiger partial charge is 0.336 e. The van der Waals surface area contributed by atoms with Crippen LogP contribution in [0.2, 0.25) is 5.02 Å². The molecule has 2 heterocycles. The van der Waals surface area contributed by atoms with Gasteiger partial charge in [0.1, 0.15) is 11.3 Å². The molecule has 1 N–H and O–H groups in total. The molecule has 1 atom stereocenters. The Balaban J connectivity index is 2.14. The Bertz CT molecular complexity index is 769. The predicted molar refractivity (Wildman–Crippen MR) is 87.6 cm³/mol. The summed E-state index contributed by atoms with van der Waals surface area (Å²) in [6, 6.07) is 3.55. The lowest BCUT2D eigenvalue weighted by molar-refractivity contribution is 0.151. The van der Waals surface area contributed by atoms with Crippen LogP contribution in [0.1, 0.15) is 37.3 Å². The van der Waals surface area contributed by atoms with E-state index in [1.807, 2.05) is 6.92 Å². The van der Waals surface area contributed by atoms with E-state index in [0.29, 0.717) is 28.8 Å². The molecule has 1 saturated heterocycles. The molecule has 1 aliphatic heterocycles. The van der Waals surface area contributed by atoms with Crippen LogP contribution in [0, 0.1) is 6.92 Å². The highest BCUT2D eigenvalue weighted by molar-refractivity contribution is 6.33. The molecule has 22 heavy (non-hydrogen) atoms. The Labute approximate surface area is 134 Å². The zero-order valence-electron chi connectivity index (χ0n) is 12.9. The van der Waals surface area contributed by atoms with E-state index in [4.69, 9.17) is 16.0 Å². The minimum atomic E-state index is -0.403. The maximum absolute atomic E-state index is 11.7. The molecule has 118 valence electrons. The highest BCUT2D eigenvalue weighted by Crippen LogP contribution is 2.36. The average molecular weight is 322 g/mol. The summed E-state index contributed by atoms with van der Waals surface area (Å²) in [5.74, 6) is 0.0145. The number of phenols is 1. The molecule has 0 radical (unpaired) electrons. The van der Waals surface area contributed by atoms with E-state index in [0.717, 1.165) is 30.3 Å². The lowest BCUT2D eigenvalue weighted by Gasteiger charge is -2.33. The Morgan fingerprint density at radius 3 is 2.91 bits per heavy atom. The Morgan fingerprint density at radius 2 is 2.18 bits per heavy atom. The third-order valence-corrected chi connectivity index (χ3v) is 4.85. The molecule has 0 saturated carbocycles. The summed E-state index contributed by atoms with van der Waals surface area (Å²) >= 11 is 6.17. The average Bonchev–Trinajstić information content (AvgIpc) is 2.47. The van der Waals surface area contributed by atoms with Gasteiger partial charge in [-0.15, -0.1) is 0 Å². The molecule has 3 rings (SSSR count). The summed E-state index contributed by atoms with van der Waals surface area (Å²) in [5.41, 5.74) is 1.46. The van der Waals surface area contributed by atoms with Gasteiger partial charge in [-0.25, -0.2) is 4.79 Å². The van der Waals surface area contributed by atoms with Gasteiger partial charge in [-0.2, -0.15) is 0 Å². The molecular weight excluding hydrogens is 302 g/mol. The highest BCUT2D eigenvalue weighted by atomic mass is 35.5. The standard InChI is InChI=1S/C17H20ClNO3/c1-10-7-15(20)22-17-12(10)8-14(18)16(21)13(17)9-19-6-4-3-5-11(19)2/h7-8,11,21H,3-6,9H2,1-2H3/t11-/m1/s1. The number of aromatic hydroxyl groups is 1. The first-order valence-electron chi connectivity index (χ1n) is 7.66. The normalized spacial score (nSPS) is 19.7. The maximum atomic E-state index is 11.7. The monoisotopic (exact) mass is 321 g/mol. The van der Waals surface area contributed by atoms with Crippen molar-refractivity contribution in [2.45, 2.75) is 45.7 Å². The van der Waals surface area contributed by atoms with E-state index in [-0.39, 0.29) is 5.75 Å². The van der Waals surface area contributed by atoms with Gasteiger partial charge in [0.2, 0.25) is 0 Å². The molecule has 5 heteroatoms. The van der Waals surface area contributed by atoms with Crippen LogP contribution < -0.4 is 5.63 Å². The highest BCUT2D eigenvalue weighted by Gasteiger charge is 2.23. The van der Waals surface area contributed by atoms with Crippen molar-refractivity contribution in [3.05, 3.63) is 38.7 Å². The third-order valence-electron chi connectivity index (χ3n) is 4.57. The molecular formula is C17H20ClNO3. The van der Waals surface area contributed by atoms with Crippen molar-refractivity contribution in [1.82, 2.24) is 4.90 Å². The number of nitrogens with zero attached hydrogens (tertiary/aromatic N) is 1. The van der Waals surface area contributed by atoms with Gasteiger partial charge < -0.3 is 9.52 Å². The molecule has 0 unspecified atom stereocenters. The second kappa shape index (κ2) is 5.94. The number of likely N-dealkylation sites (tertiary alicyclic amines) is 1. The predicted octanol–water partition coefficient (Wildman–Crippen LogP) is 3.83. The lowest BCUT2D eigenvalue weighted by Crippen LogP contribution is -2.36. The number of rotatable bonds is 2. The van der Waals surface area contributed by atoms with Gasteiger partial charge in [0.25, 0.3) is 0 Å². The van der Waals surface area contributed by atoms with Crippen LogP contribution in [-0.4, -0.2) is 22.6 Å². The van der Waals surface area contributed by atoms with Gasteiger partial charge in [0.05, 0.1) is 10.6 Å². The SMILES string of the molecule is Cc1cc(=O)oc2c(CN3CCCC[C@H]3C)c(O)c(Cl)cc12. The van der Waals surface area contributed by atoms with E-state index in [1.165, 1.54) is 12.5 Å². The zero-order chi connectivity index (χ0) is 15.9. The van der Waals surface area contributed by atoms with Crippen LogP contribution in [0.5, 0.6) is 5.75 Å². The third kappa shape index (κ3) is 2.73. The molecule has 2 aromatic rings. The van der Waals surface area contributed by atoms with E-state index >= 15 is 0 Å². The number of benzene rings is 1. The van der Waals surface area contributed by atoms with E-state index in [1.54, 1.807) is 6.07 Å². The lowest BCUT2D eigenvalue weighted by atomic mass is 10.0. The molecule has 0 spiro atoms. The molecule has 1 aliphatic rings. The van der Waals surface area contributed by atoms with Crippen LogP contribution in [0.4, 0.5) is 0 Å². The van der Waals surface area contributed by atoms with Gasteiger partial charge >= 0.3 is 5.63 Å². The maximum Gasteiger partial charge on any atom is 0.336 e. The fraction of sp³-hybridized carbons (Fsp3) is 0.471. The van der Waals surface area contributed by atoms with E-state index < -0.39 is 5.63 Å². The van der Waals surface area contributed by atoms with Crippen molar-refractivity contribution in [1.29, 1.82) is 0 Å². The summed E-state index contributed by atoms with van der Waals surface area (Å²) in [4.78, 5) is 14.0. The topological polar surface area (TPSA) is 53.7 Å². The second-order valence-corrected chi connectivity index (χ2v) is 6.53. The van der Waals surface area contributed by atoms with Gasteiger partial charge in [-0.1, -0.05) is 18.0 Å². The van der Waals surface area contributed by atoms with Crippen molar-refractivity contribution in [3.8, 4) is 5.75 Å². The van der Waals surface area contributed by atoms with Gasteiger partial charge in [0.15, 0.2) is 0 Å². The first-order valence-corrected chi connectivity index (χ1v) is 8.04. The van der Waals surface area contributed by atoms with Crippen LogP contribution in [0.25, 0.3) is 11.0 Å². The number of phenolic OH excluding ortho intramolecular Hbond substituents is 1. The molecule has 0 aliphatic carbocycles. The number of fused-ring (bicyclic) bond motifs is 1. The van der Waals surface area contributed by atoms with Crippen molar-refractivity contribution in [2.24, 2.45) is 0 Å². The van der Waals surface area contributed by atoms with Crippen molar-refractivity contribution in [2.75, 3.05) is 6.54 Å². The molecule has 1 aromatic heterocycles. The van der Waals surface area contributed by atoms with Gasteiger partial charge in [-0.05, 0) is 44.9 Å². The summed E-state index contributed by atoms with van der Waals surface area (Å²) < 4.78 is 5.39. The molecule has 0 amide bonds. The number of hydrogen-bond donors (Lipinski definition) is 1. The van der Waals surface area contributed by atoms with Crippen LogP contribution in [0.3, 0.4) is 0 Å². The molecule has 0 bridgehead atoms. The molecule has 1 aromatic carbocycles. The summed E-state index contributed by atoms with van der Waals surface area (Å²) in [6.07, 6.45) is 3.52. The van der Waals surface area contributed by atoms with Crippen LogP contribution in [0.15, 0.2) is 21.3 Å². The Hall–Kier alpha value is -1.52. The minimum absolute atomic E-state index is 0.0145. The summed E-state index contributed by atoms with van der Waals surface area (Å²) in [6.45, 7) is 5.55. The zero-order valence-corrected chi connectivity index (χ0v) is 13.6. The molecule has 1 fully saturated rings. The Kier molecular flexibility index (Phi) is 4.15. The minimum Gasteiger partial charge on any atom is -0.506 e. The Morgan fingerprint density at radius 1 is 1.41 bits per heavy atom. The van der Waals surface area contributed by atoms with Crippen LogP contribution in [-0.2, 0) is 6.54 Å². The second-order valence-electron chi connectivity index (χ2n) is 6.13. The molecule has 4 nitrogen and oxygen atoms in total. The van der Waals surface area contributed by atoms with Gasteiger partial charge in [0, 0.05) is 24.0 Å². The largest absolute Gasteiger partial charge is 0.506 e. The summed E-state index contributed by atoms with van der Waals surface area (Å²) in [7, 11) is 0. The number of hydrogen-bond acceptors (Lipinski definition) is 4. The van der Waals surface area contributed by atoms with Crippen molar-refractivity contribution >= 4 is 22.6 Å². The number of halogens is 1. The van der Waals surface area contributed by atoms with E-state index in [9.17, 15) is 9.90 Å². The first-order chi connectivity index (χ1) is 10.5. The van der Waals surface area contributed by atoms with Crippen molar-refractivity contribution < 1.29 is 9.52 Å². The number of piperidine rings is 1. The first kappa shape index (κ1) is 15.4. The van der Waals surface area contributed by atoms with Crippen molar-refractivity contribution in [3.63, 3.8) is 0 Å². The number of aryl methyl sites for hydroxylation is 1. The fourth-order valence-corrected chi connectivity index (χ4v) is 3.43. The quantitative estimate of drug-likeness (QED) is 0.854. The van der Waals surface area contributed by atoms with Gasteiger partial charge in [-0.3, -0.25) is 4.90 Å². The summed E-state index contributed by atoms with van der Waals surface area (Å²) in [5, 5.41) is 11.4.